The molecule has 0 aromatic heterocycles. The summed E-state index contributed by atoms with van der Waals surface area (Å²) in [7, 11) is 1.50. The van der Waals surface area contributed by atoms with Crippen molar-refractivity contribution in [2.75, 3.05) is 13.6 Å². The highest BCUT2D eigenvalue weighted by Crippen LogP contribution is 2.36. The third kappa shape index (κ3) is 9.99. The van der Waals surface area contributed by atoms with Crippen molar-refractivity contribution in [3.05, 3.63) is 60.7 Å². The van der Waals surface area contributed by atoms with Gasteiger partial charge in [-0.2, -0.15) is 0 Å². The van der Waals surface area contributed by atoms with Gasteiger partial charge < -0.3 is 19.6 Å². The van der Waals surface area contributed by atoms with Crippen LogP contribution in [0.15, 0.2) is 55.1 Å². The number of ketones is 2. The van der Waals surface area contributed by atoms with Crippen molar-refractivity contribution in [2.45, 2.75) is 98.3 Å². The molecule has 47 heavy (non-hydrogen) atoms. The van der Waals surface area contributed by atoms with Crippen LogP contribution in [-0.2, 0) is 30.3 Å². The lowest BCUT2D eigenvalue weighted by Crippen LogP contribution is -2.49. The highest BCUT2D eigenvalue weighted by Gasteiger charge is 2.45. The number of hydrogen-bond acceptors (Lipinski definition) is 6. The molecule has 256 valence electrons. The summed E-state index contributed by atoms with van der Waals surface area (Å²) in [6.07, 6.45) is 1.98. The van der Waals surface area contributed by atoms with Gasteiger partial charge in [0.1, 0.15) is 5.60 Å². The van der Waals surface area contributed by atoms with Crippen LogP contribution in [0.5, 0.6) is 0 Å². The number of rotatable bonds is 13. The zero-order valence-corrected chi connectivity index (χ0v) is 29.2. The minimum atomic E-state index is -1.06. The number of hydrogen-bond donors (Lipinski definition) is 1. The van der Waals surface area contributed by atoms with E-state index in [9.17, 15) is 29.1 Å². The highest BCUT2D eigenvalue weighted by atomic mass is 16.6. The topological polar surface area (TPSA) is 121 Å². The average Bonchev–Trinajstić information content (AvgIpc) is 3.41. The van der Waals surface area contributed by atoms with Gasteiger partial charge in [-0.05, 0) is 74.6 Å². The second-order valence-electron chi connectivity index (χ2n) is 15.1. The maximum absolute atomic E-state index is 14.3. The number of ether oxygens (including phenoxy) is 1. The van der Waals surface area contributed by atoms with Crippen LogP contribution in [0.1, 0.15) is 79.7 Å². The van der Waals surface area contributed by atoms with Crippen molar-refractivity contribution in [1.82, 2.24) is 9.80 Å². The molecule has 1 aliphatic heterocycles. The fourth-order valence-corrected chi connectivity index (χ4v) is 6.20. The first-order chi connectivity index (χ1) is 21.8. The van der Waals surface area contributed by atoms with Gasteiger partial charge in [0.2, 0.25) is 5.91 Å². The van der Waals surface area contributed by atoms with Gasteiger partial charge in [0.25, 0.3) is 0 Å². The lowest BCUT2D eigenvalue weighted by Gasteiger charge is -2.36. The van der Waals surface area contributed by atoms with Crippen LogP contribution in [0.2, 0.25) is 0 Å². The molecule has 0 aliphatic carbocycles. The van der Waals surface area contributed by atoms with E-state index in [1.807, 2.05) is 63.2 Å². The zero-order chi connectivity index (χ0) is 35.3. The molecule has 0 bridgehead atoms. The van der Waals surface area contributed by atoms with Gasteiger partial charge >= 0.3 is 12.1 Å². The Bertz CT molecular complexity index is 1480. The molecule has 2 aromatic carbocycles. The lowest BCUT2D eigenvalue weighted by molar-refractivity contribution is -0.148. The van der Waals surface area contributed by atoms with E-state index < -0.39 is 47.0 Å². The highest BCUT2D eigenvalue weighted by molar-refractivity contribution is 5.95. The Morgan fingerprint density at radius 2 is 1.66 bits per heavy atom. The smallest absolute Gasteiger partial charge is 0.410 e. The van der Waals surface area contributed by atoms with Crippen LogP contribution >= 0.6 is 0 Å². The molecule has 5 atom stereocenters. The first kappa shape index (κ1) is 37.4. The third-order valence-electron chi connectivity index (χ3n) is 9.11. The summed E-state index contributed by atoms with van der Waals surface area (Å²) in [5, 5.41) is 12.2. The molecule has 1 heterocycles. The zero-order valence-electron chi connectivity index (χ0n) is 29.2. The van der Waals surface area contributed by atoms with Crippen molar-refractivity contribution in [2.24, 2.45) is 23.2 Å². The largest absolute Gasteiger partial charge is 0.481 e. The van der Waals surface area contributed by atoms with Crippen LogP contribution in [-0.4, -0.2) is 75.7 Å². The van der Waals surface area contributed by atoms with Gasteiger partial charge in [0, 0.05) is 32.4 Å². The molecule has 1 saturated heterocycles. The summed E-state index contributed by atoms with van der Waals surface area (Å²) < 4.78 is 5.42. The monoisotopic (exact) mass is 648 g/mol. The van der Waals surface area contributed by atoms with Crippen LogP contribution in [0.4, 0.5) is 4.79 Å². The van der Waals surface area contributed by atoms with Gasteiger partial charge in [-0.25, -0.2) is 4.79 Å². The number of nitrogens with zero attached hydrogens (tertiary/aromatic N) is 2. The molecule has 9 heteroatoms. The van der Waals surface area contributed by atoms with Crippen LogP contribution < -0.4 is 0 Å². The molecule has 3 rings (SSSR count). The van der Waals surface area contributed by atoms with Gasteiger partial charge in [0.05, 0.1) is 18.0 Å². The fourth-order valence-electron chi connectivity index (χ4n) is 6.20. The number of amides is 2. The quantitative estimate of drug-likeness (QED) is 0.240. The Labute approximate surface area is 279 Å². The van der Waals surface area contributed by atoms with Crippen LogP contribution in [0, 0.1) is 23.2 Å². The Morgan fingerprint density at radius 3 is 2.23 bits per heavy atom. The molecule has 2 amide bonds. The Morgan fingerprint density at radius 1 is 1.02 bits per heavy atom. The van der Waals surface area contributed by atoms with Crippen LogP contribution in [0.25, 0.3) is 10.8 Å². The van der Waals surface area contributed by atoms with E-state index in [0.29, 0.717) is 19.4 Å². The Kier molecular flexibility index (Phi) is 12.2. The molecular formula is C38H52N2O7. The van der Waals surface area contributed by atoms with E-state index in [4.69, 9.17) is 4.74 Å². The SMILES string of the molecule is C=CC[C@H]1C[C@@H](C(=O)C[C@@H](Cc2ccc3ccccc3c2)C(=O)O)N(C(=O)[C@@H](CC(=O)[C@H](C)N(C)C(=O)OC(C)(C)C)C(C)(C)C)C1. The molecule has 2 aromatic rings. The van der Waals surface area contributed by atoms with Crippen molar-refractivity contribution < 1.29 is 33.8 Å². The number of likely N-dealkylation sites (N-methyl/N-ethyl adjacent to an activating group) is 1. The molecule has 0 saturated carbocycles. The van der Waals surface area contributed by atoms with Crippen molar-refractivity contribution in [3.8, 4) is 0 Å². The molecule has 0 spiro atoms. The summed E-state index contributed by atoms with van der Waals surface area (Å²) in [6, 6.07) is 12.0. The van der Waals surface area contributed by atoms with Gasteiger partial charge in [0.15, 0.2) is 11.6 Å². The fraction of sp³-hybridized carbons (Fsp3) is 0.553. The third-order valence-corrected chi connectivity index (χ3v) is 9.11. The van der Waals surface area contributed by atoms with Gasteiger partial charge in [-0.15, -0.1) is 6.58 Å². The summed E-state index contributed by atoms with van der Waals surface area (Å²) in [6.45, 7) is 16.6. The van der Waals surface area contributed by atoms with Crippen molar-refractivity contribution >= 4 is 40.3 Å². The maximum Gasteiger partial charge on any atom is 0.410 e. The number of carboxylic acid groups (broad SMARTS) is 1. The van der Waals surface area contributed by atoms with E-state index >= 15 is 0 Å². The number of benzene rings is 2. The lowest BCUT2D eigenvalue weighted by atomic mass is 9.76. The molecule has 1 N–H and O–H groups in total. The Balaban J connectivity index is 1.82. The standard InChI is InChI=1S/C38H52N2O7/c1-10-13-26-20-31(33(42)21-29(35(44)45)19-25-16-17-27-14-11-12-15-28(27)18-25)40(23-26)34(43)30(37(3,4)5)22-32(41)24(2)39(9)36(46)47-38(6,7)8/h10-12,14-18,24,26,29-31H,1,13,19-23H2,2-9H3,(H,44,45)/t24-,26-,29+,30+,31-/m0/s1. The summed E-state index contributed by atoms with van der Waals surface area (Å²) in [5.41, 5.74) is -0.544. The predicted molar refractivity (Wildman–Crippen MR) is 183 cm³/mol. The molecule has 1 aliphatic rings. The average molecular weight is 649 g/mol. The summed E-state index contributed by atoms with van der Waals surface area (Å²) >= 11 is 0. The normalized spacial score (nSPS) is 18.7. The molecular weight excluding hydrogens is 596 g/mol. The molecule has 1 fully saturated rings. The molecule has 9 nitrogen and oxygen atoms in total. The number of carbonyl (C=O) groups excluding carboxylic acids is 4. The molecule has 0 radical (unpaired) electrons. The second kappa shape index (κ2) is 15.3. The number of fused-ring (bicyclic) bond motifs is 1. The predicted octanol–water partition coefficient (Wildman–Crippen LogP) is 6.71. The number of likely N-dealkylation sites (tertiary alicyclic amines) is 1. The van der Waals surface area contributed by atoms with E-state index in [2.05, 4.69) is 6.58 Å². The number of carbonyl (C=O) groups is 5. The maximum atomic E-state index is 14.3. The Hall–Kier alpha value is -4.01. The first-order valence-electron chi connectivity index (χ1n) is 16.5. The summed E-state index contributed by atoms with van der Waals surface area (Å²) in [4.78, 5) is 69.6. The van der Waals surface area contributed by atoms with E-state index in [0.717, 1.165) is 16.3 Å². The number of carboxylic acids is 1. The number of Topliss-reactive ketones (excluding diaryl/α,β-unsaturated/α-hetero) is 2. The van der Waals surface area contributed by atoms with Gasteiger partial charge in [-0.3, -0.25) is 19.2 Å². The van der Waals surface area contributed by atoms with Gasteiger partial charge in [-0.1, -0.05) is 69.3 Å². The van der Waals surface area contributed by atoms with E-state index in [1.54, 1.807) is 38.7 Å². The van der Waals surface area contributed by atoms with E-state index in [-0.39, 0.29) is 42.7 Å². The van der Waals surface area contributed by atoms with Crippen molar-refractivity contribution in [1.29, 1.82) is 0 Å². The molecule has 0 unspecified atom stereocenters. The number of allylic oxidation sites excluding steroid dienone is 1. The number of aliphatic carboxylic acids is 1. The first-order valence-corrected chi connectivity index (χ1v) is 16.5. The second-order valence-corrected chi connectivity index (χ2v) is 15.1. The minimum Gasteiger partial charge on any atom is -0.481 e. The van der Waals surface area contributed by atoms with Crippen LogP contribution in [0.3, 0.4) is 0 Å². The van der Waals surface area contributed by atoms with Crippen molar-refractivity contribution in [3.63, 3.8) is 0 Å². The summed E-state index contributed by atoms with van der Waals surface area (Å²) in [5.74, 6) is -3.70. The van der Waals surface area contributed by atoms with E-state index in [1.165, 1.54) is 11.9 Å². The minimum absolute atomic E-state index is 0.0114.